The van der Waals surface area contributed by atoms with Gasteiger partial charge in [-0.15, -0.1) is 0 Å². The predicted octanol–water partition coefficient (Wildman–Crippen LogP) is 0.515. The number of nitrogens with one attached hydrogen (secondary N) is 1. The fourth-order valence-electron chi connectivity index (χ4n) is 1.67. The minimum absolute atomic E-state index is 0.0655. The normalized spacial score (nSPS) is 13.4. The fraction of sp³-hybridized carbons (Fsp3) is 0.429. The van der Waals surface area contributed by atoms with Gasteiger partial charge >= 0.3 is 5.97 Å². The first-order valence-corrected chi connectivity index (χ1v) is 6.11. The maximum atomic E-state index is 11.7. The van der Waals surface area contributed by atoms with Crippen molar-refractivity contribution in [2.24, 2.45) is 5.92 Å². The Morgan fingerprint density at radius 3 is 2.47 bits per heavy atom. The van der Waals surface area contributed by atoms with E-state index in [2.05, 4.69) is 10.1 Å². The van der Waals surface area contributed by atoms with E-state index in [4.69, 9.17) is 0 Å². The summed E-state index contributed by atoms with van der Waals surface area (Å²) in [5.41, 5.74) is 0.895. The van der Waals surface area contributed by atoms with Gasteiger partial charge in [0.25, 0.3) is 0 Å². The van der Waals surface area contributed by atoms with Crippen LogP contribution in [0.4, 0.5) is 0 Å². The summed E-state index contributed by atoms with van der Waals surface area (Å²) in [7, 11) is 1.25. The van der Waals surface area contributed by atoms with Crippen LogP contribution in [0.5, 0.6) is 0 Å². The second-order valence-electron chi connectivity index (χ2n) is 4.34. The first-order valence-electron chi connectivity index (χ1n) is 6.11. The van der Waals surface area contributed by atoms with Gasteiger partial charge in [0.15, 0.2) is 0 Å². The SMILES string of the molecule is COC(=O)[C@@H](CNC(=O)Cc1ccccc1)[C@@H](C)O. The van der Waals surface area contributed by atoms with Crippen LogP contribution in [-0.2, 0) is 20.7 Å². The van der Waals surface area contributed by atoms with Gasteiger partial charge in [-0.3, -0.25) is 9.59 Å². The molecule has 0 spiro atoms. The van der Waals surface area contributed by atoms with Crippen LogP contribution >= 0.6 is 0 Å². The molecule has 0 aliphatic rings. The Hall–Kier alpha value is -1.88. The molecule has 0 saturated heterocycles. The van der Waals surface area contributed by atoms with E-state index in [0.29, 0.717) is 0 Å². The quantitative estimate of drug-likeness (QED) is 0.735. The summed E-state index contributed by atoms with van der Waals surface area (Å²) in [5, 5.41) is 12.1. The molecular weight excluding hydrogens is 246 g/mol. The fourth-order valence-corrected chi connectivity index (χ4v) is 1.67. The first kappa shape index (κ1) is 15.2. The number of hydrogen-bond acceptors (Lipinski definition) is 4. The molecule has 0 unspecified atom stereocenters. The van der Waals surface area contributed by atoms with Crippen LogP contribution in [0.15, 0.2) is 30.3 Å². The average Bonchev–Trinajstić information content (AvgIpc) is 2.39. The van der Waals surface area contributed by atoms with Crippen LogP contribution in [-0.4, -0.2) is 36.7 Å². The lowest BCUT2D eigenvalue weighted by Crippen LogP contribution is -2.39. The Labute approximate surface area is 112 Å². The molecule has 0 radical (unpaired) electrons. The highest BCUT2D eigenvalue weighted by Crippen LogP contribution is 2.05. The van der Waals surface area contributed by atoms with Crippen molar-refractivity contribution in [2.75, 3.05) is 13.7 Å². The van der Waals surface area contributed by atoms with E-state index in [0.717, 1.165) is 5.56 Å². The van der Waals surface area contributed by atoms with E-state index in [-0.39, 0.29) is 18.9 Å². The van der Waals surface area contributed by atoms with Gasteiger partial charge in [-0.25, -0.2) is 0 Å². The molecular formula is C14H19NO4. The molecule has 1 rings (SSSR count). The molecule has 0 bridgehead atoms. The summed E-state index contributed by atoms with van der Waals surface area (Å²) in [6.45, 7) is 1.56. The van der Waals surface area contributed by atoms with Gasteiger partial charge < -0.3 is 15.2 Å². The van der Waals surface area contributed by atoms with Crippen molar-refractivity contribution in [3.05, 3.63) is 35.9 Å². The zero-order valence-electron chi connectivity index (χ0n) is 11.1. The van der Waals surface area contributed by atoms with E-state index in [9.17, 15) is 14.7 Å². The van der Waals surface area contributed by atoms with Gasteiger partial charge in [0.1, 0.15) is 0 Å². The molecule has 1 aromatic rings. The largest absolute Gasteiger partial charge is 0.469 e. The van der Waals surface area contributed by atoms with E-state index < -0.39 is 18.0 Å². The molecule has 19 heavy (non-hydrogen) atoms. The number of hydrogen-bond donors (Lipinski definition) is 2. The summed E-state index contributed by atoms with van der Waals surface area (Å²) < 4.78 is 4.57. The second kappa shape index (κ2) is 7.53. The summed E-state index contributed by atoms with van der Waals surface area (Å²) >= 11 is 0. The van der Waals surface area contributed by atoms with Crippen molar-refractivity contribution >= 4 is 11.9 Å². The Morgan fingerprint density at radius 1 is 1.32 bits per heavy atom. The Balaban J connectivity index is 2.46. The van der Waals surface area contributed by atoms with Crippen molar-refractivity contribution < 1.29 is 19.4 Å². The van der Waals surface area contributed by atoms with Gasteiger partial charge in [0, 0.05) is 6.54 Å². The van der Waals surface area contributed by atoms with E-state index >= 15 is 0 Å². The van der Waals surface area contributed by atoms with Crippen LogP contribution in [0.25, 0.3) is 0 Å². The molecule has 0 aliphatic heterocycles. The number of carbonyl (C=O) groups is 2. The van der Waals surface area contributed by atoms with Crippen LogP contribution in [0, 0.1) is 5.92 Å². The second-order valence-corrected chi connectivity index (χ2v) is 4.34. The summed E-state index contributed by atoms with van der Waals surface area (Å²) in [5.74, 6) is -1.47. The lowest BCUT2D eigenvalue weighted by atomic mass is 10.0. The molecule has 104 valence electrons. The molecule has 0 saturated carbocycles. The molecule has 0 heterocycles. The third kappa shape index (κ3) is 5.09. The minimum atomic E-state index is -0.871. The number of ether oxygens (including phenoxy) is 1. The third-order valence-corrected chi connectivity index (χ3v) is 2.81. The van der Waals surface area contributed by atoms with Crippen LogP contribution in [0.1, 0.15) is 12.5 Å². The van der Waals surface area contributed by atoms with Crippen molar-refractivity contribution in [1.29, 1.82) is 0 Å². The van der Waals surface area contributed by atoms with Gasteiger partial charge in [0.05, 0.1) is 25.6 Å². The number of methoxy groups -OCH3 is 1. The third-order valence-electron chi connectivity index (χ3n) is 2.81. The van der Waals surface area contributed by atoms with Crippen molar-refractivity contribution in [3.8, 4) is 0 Å². The molecule has 1 amide bonds. The number of rotatable bonds is 6. The molecule has 2 N–H and O–H groups in total. The number of aliphatic hydroxyl groups excluding tert-OH is 1. The molecule has 1 aromatic carbocycles. The minimum Gasteiger partial charge on any atom is -0.469 e. The Bertz CT molecular complexity index is 417. The highest BCUT2D eigenvalue weighted by molar-refractivity contribution is 5.80. The number of esters is 1. The van der Waals surface area contributed by atoms with Crippen LogP contribution < -0.4 is 5.32 Å². The van der Waals surface area contributed by atoms with Crippen molar-refractivity contribution in [2.45, 2.75) is 19.4 Å². The summed E-state index contributed by atoms with van der Waals surface area (Å²) in [6, 6.07) is 9.30. The Morgan fingerprint density at radius 2 is 1.95 bits per heavy atom. The molecule has 0 aliphatic carbocycles. The van der Waals surface area contributed by atoms with E-state index in [1.54, 1.807) is 0 Å². The van der Waals surface area contributed by atoms with Gasteiger partial charge in [-0.05, 0) is 12.5 Å². The lowest BCUT2D eigenvalue weighted by Gasteiger charge is -2.17. The Kier molecular flexibility index (Phi) is 6.02. The zero-order valence-corrected chi connectivity index (χ0v) is 11.1. The smallest absolute Gasteiger partial charge is 0.313 e. The topological polar surface area (TPSA) is 75.6 Å². The molecule has 5 nitrogen and oxygen atoms in total. The van der Waals surface area contributed by atoms with Gasteiger partial charge in [0.2, 0.25) is 5.91 Å². The average molecular weight is 265 g/mol. The highest BCUT2D eigenvalue weighted by atomic mass is 16.5. The monoisotopic (exact) mass is 265 g/mol. The summed E-state index contributed by atoms with van der Waals surface area (Å²) in [6.07, 6.45) is -0.626. The maximum Gasteiger partial charge on any atom is 0.313 e. The molecule has 0 fully saturated rings. The standard InChI is InChI=1S/C14H19NO4/c1-10(16)12(14(18)19-2)9-15-13(17)8-11-6-4-3-5-7-11/h3-7,10,12,16H,8-9H2,1-2H3,(H,15,17)/t10-,12+/m1/s1. The number of carbonyl (C=O) groups excluding carboxylic acids is 2. The van der Waals surface area contributed by atoms with E-state index in [1.807, 2.05) is 30.3 Å². The maximum absolute atomic E-state index is 11.7. The van der Waals surface area contributed by atoms with Crippen LogP contribution in [0.3, 0.4) is 0 Å². The highest BCUT2D eigenvalue weighted by Gasteiger charge is 2.24. The summed E-state index contributed by atoms with van der Waals surface area (Å²) in [4.78, 5) is 23.1. The molecule has 0 aromatic heterocycles. The van der Waals surface area contributed by atoms with Gasteiger partial charge in [-0.2, -0.15) is 0 Å². The number of amides is 1. The van der Waals surface area contributed by atoms with Crippen molar-refractivity contribution in [3.63, 3.8) is 0 Å². The van der Waals surface area contributed by atoms with Gasteiger partial charge in [-0.1, -0.05) is 30.3 Å². The van der Waals surface area contributed by atoms with E-state index in [1.165, 1.54) is 14.0 Å². The lowest BCUT2D eigenvalue weighted by molar-refractivity contribution is -0.148. The molecule has 5 heteroatoms. The zero-order chi connectivity index (χ0) is 14.3. The predicted molar refractivity (Wildman–Crippen MR) is 70.3 cm³/mol. The van der Waals surface area contributed by atoms with Crippen molar-refractivity contribution in [1.82, 2.24) is 5.32 Å². The number of aliphatic hydroxyl groups is 1. The van der Waals surface area contributed by atoms with Crippen LogP contribution in [0.2, 0.25) is 0 Å². The number of benzene rings is 1. The molecule has 2 atom stereocenters. The first-order chi connectivity index (χ1) is 9.04.